The molecule has 0 radical (unpaired) electrons. The van der Waals surface area contributed by atoms with Crippen LogP contribution in [0.15, 0.2) is 43.9 Å². The van der Waals surface area contributed by atoms with Gasteiger partial charge in [0.1, 0.15) is 11.5 Å². The van der Waals surface area contributed by atoms with E-state index < -0.39 is 6.61 Å². The molecule has 0 aliphatic rings. The lowest BCUT2D eigenvalue weighted by molar-refractivity contribution is -0.0495. The molecule has 1 aromatic carbocycles. The summed E-state index contributed by atoms with van der Waals surface area (Å²) in [5, 5.41) is 0. The molecule has 0 atom stereocenters. The SMILES string of the molecule is FC(F)Oc1cc(Br)cc(Br)c1-c1ccco1. The van der Waals surface area contributed by atoms with Crippen LogP contribution < -0.4 is 4.74 Å². The number of alkyl halides is 2. The van der Waals surface area contributed by atoms with Crippen molar-refractivity contribution in [2.75, 3.05) is 0 Å². The van der Waals surface area contributed by atoms with Crippen molar-refractivity contribution >= 4 is 31.9 Å². The van der Waals surface area contributed by atoms with E-state index in [9.17, 15) is 8.78 Å². The molecule has 1 aromatic heterocycles. The second-order valence-corrected chi connectivity index (χ2v) is 4.89. The molecule has 0 N–H and O–H groups in total. The van der Waals surface area contributed by atoms with Gasteiger partial charge in [0.15, 0.2) is 0 Å². The molecule has 0 aliphatic carbocycles. The molecule has 0 amide bonds. The Balaban J connectivity index is 2.55. The molecular weight excluding hydrogens is 362 g/mol. The van der Waals surface area contributed by atoms with Gasteiger partial charge in [-0.05, 0) is 40.2 Å². The van der Waals surface area contributed by atoms with E-state index in [1.54, 1.807) is 18.2 Å². The molecule has 0 aliphatic heterocycles. The zero-order valence-electron chi connectivity index (χ0n) is 8.29. The molecule has 2 rings (SSSR count). The highest BCUT2D eigenvalue weighted by Gasteiger charge is 2.17. The summed E-state index contributed by atoms with van der Waals surface area (Å²) >= 11 is 6.51. The molecule has 0 spiro atoms. The molecule has 17 heavy (non-hydrogen) atoms. The second-order valence-electron chi connectivity index (χ2n) is 3.12. The maximum atomic E-state index is 12.3. The van der Waals surface area contributed by atoms with Crippen molar-refractivity contribution in [3.8, 4) is 17.1 Å². The van der Waals surface area contributed by atoms with Crippen LogP contribution in [-0.2, 0) is 0 Å². The first-order valence-corrected chi connectivity index (χ1v) is 6.14. The lowest BCUT2D eigenvalue weighted by Gasteiger charge is -2.11. The first-order chi connectivity index (χ1) is 8.08. The topological polar surface area (TPSA) is 22.4 Å². The van der Waals surface area contributed by atoms with Gasteiger partial charge in [-0.3, -0.25) is 0 Å². The van der Waals surface area contributed by atoms with Crippen molar-refractivity contribution < 1.29 is 17.9 Å². The van der Waals surface area contributed by atoms with E-state index >= 15 is 0 Å². The number of hydrogen-bond donors (Lipinski definition) is 0. The molecule has 0 saturated carbocycles. The van der Waals surface area contributed by atoms with Crippen LogP contribution in [0.2, 0.25) is 0 Å². The molecule has 2 nitrogen and oxygen atoms in total. The standard InChI is InChI=1S/C11H6Br2F2O2/c12-6-4-7(13)10(8-2-1-3-16-8)9(5-6)17-11(14)15/h1-5,11H. The van der Waals surface area contributed by atoms with E-state index in [2.05, 4.69) is 36.6 Å². The average molecular weight is 368 g/mol. The largest absolute Gasteiger partial charge is 0.464 e. The number of benzene rings is 1. The summed E-state index contributed by atoms with van der Waals surface area (Å²) in [7, 11) is 0. The summed E-state index contributed by atoms with van der Waals surface area (Å²) in [6.45, 7) is -2.88. The highest BCUT2D eigenvalue weighted by molar-refractivity contribution is 9.11. The Kier molecular flexibility index (Phi) is 3.83. The lowest BCUT2D eigenvalue weighted by Crippen LogP contribution is -2.03. The van der Waals surface area contributed by atoms with E-state index in [1.165, 1.54) is 12.3 Å². The molecular formula is C11H6Br2F2O2. The number of halogens is 4. The fraction of sp³-hybridized carbons (Fsp3) is 0.0909. The van der Waals surface area contributed by atoms with Crippen molar-refractivity contribution in [2.24, 2.45) is 0 Å². The van der Waals surface area contributed by atoms with E-state index in [4.69, 9.17) is 4.42 Å². The highest BCUT2D eigenvalue weighted by Crippen LogP contribution is 2.40. The first-order valence-electron chi connectivity index (χ1n) is 4.55. The Morgan fingerprint density at radius 2 is 2.00 bits per heavy atom. The fourth-order valence-corrected chi connectivity index (χ4v) is 2.78. The normalized spacial score (nSPS) is 10.9. The van der Waals surface area contributed by atoms with Gasteiger partial charge in [0.25, 0.3) is 0 Å². The minimum atomic E-state index is -2.88. The third kappa shape index (κ3) is 2.87. The molecule has 0 unspecified atom stereocenters. The van der Waals surface area contributed by atoms with E-state index in [-0.39, 0.29) is 5.75 Å². The van der Waals surface area contributed by atoms with Gasteiger partial charge in [-0.15, -0.1) is 0 Å². The van der Waals surface area contributed by atoms with Gasteiger partial charge in [0.2, 0.25) is 0 Å². The van der Waals surface area contributed by atoms with Gasteiger partial charge < -0.3 is 9.15 Å². The number of rotatable bonds is 3. The Morgan fingerprint density at radius 3 is 2.59 bits per heavy atom. The van der Waals surface area contributed by atoms with Crippen LogP contribution in [0, 0.1) is 0 Å². The molecule has 6 heteroatoms. The quantitative estimate of drug-likeness (QED) is 0.755. The predicted octanol–water partition coefficient (Wildman–Crippen LogP) is 5.07. The predicted molar refractivity (Wildman–Crippen MR) is 66.2 cm³/mol. The molecule has 2 aromatic rings. The number of furan rings is 1. The minimum absolute atomic E-state index is 0.0520. The van der Waals surface area contributed by atoms with Gasteiger partial charge in [-0.2, -0.15) is 8.78 Å². The number of hydrogen-bond acceptors (Lipinski definition) is 2. The summed E-state index contributed by atoms with van der Waals surface area (Å²) in [6, 6.07) is 6.55. The monoisotopic (exact) mass is 366 g/mol. The molecule has 0 fully saturated rings. The van der Waals surface area contributed by atoms with Gasteiger partial charge in [-0.1, -0.05) is 15.9 Å². The van der Waals surface area contributed by atoms with Crippen LogP contribution in [0.5, 0.6) is 5.75 Å². The van der Waals surface area contributed by atoms with Gasteiger partial charge in [0, 0.05) is 8.95 Å². The molecule has 1 heterocycles. The van der Waals surface area contributed by atoms with Crippen LogP contribution in [0.4, 0.5) is 8.78 Å². The van der Waals surface area contributed by atoms with Crippen LogP contribution in [0.25, 0.3) is 11.3 Å². The van der Waals surface area contributed by atoms with Crippen molar-refractivity contribution in [2.45, 2.75) is 6.61 Å². The van der Waals surface area contributed by atoms with Crippen molar-refractivity contribution in [3.05, 3.63) is 39.5 Å². The third-order valence-electron chi connectivity index (χ3n) is 2.00. The van der Waals surface area contributed by atoms with Crippen LogP contribution in [0.3, 0.4) is 0 Å². The Labute approximate surface area is 113 Å². The summed E-state index contributed by atoms with van der Waals surface area (Å²) < 4.78 is 35.6. The maximum Gasteiger partial charge on any atom is 0.387 e. The van der Waals surface area contributed by atoms with Crippen LogP contribution >= 0.6 is 31.9 Å². The maximum absolute atomic E-state index is 12.3. The number of ether oxygens (including phenoxy) is 1. The fourth-order valence-electron chi connectivity index (χ4n) is 1.40. The first kappa shape index (κ1) is 12.6. The zero-order valence-corrected chi connectivity index (χ0v) is 11.5. The van der Waals surface area contributed by atoms with Gasteiger partial charge >= 0.3 is 6.61 Å². The van der Waals surface area contributed by atoms with E-state index in [0.29, 0.717) is 20.3 Å². The minimum Gasteiger partial charge on any atom is -0.464 e. The van der Waals surface area contributed by atoms with Crippen LogP contribution in [0.1, 0.15) is 0 Å². The molecule has 0 saturated heterocycles. The summed E-state index contributed by atoms with van der Waals surface area (Å²) in [4.78, 5) is 0. The van der Waals surface area contributed by atoms with E-state index in [1.807, 2.05) is 0 Å². The zero-order chi connectivity index (χ0) is 12.4. The van der Waals surface area contributed by atoms with Crippen molar-refractivity contribution in [1.29, 1.82) is 0 Å². The van der Waals surface area contributed by atoms with Crippen molar-refractivity contribution in [1.82, 2.24) is 0 Å². The third-order valence-corrected chi connectivity index (χ3v) is 3.09. The van der Waals surface area contributed by atoms with Gasteiger partial charge in [0.05, 0.1) is 11.8 Å². The highest BCUT2D eigenvalue weighted by atomic mass is 79.9. The lowest BCUT2D eigenvalue weighted by atomic mass is 10.1. The summed E-state index contributed by atoms with van der Waals surface area (Å²) in [5.74, 6) is 0.510. The Bertz CT molecular complexity index is 512. The second kappa shape index (κ2) is 5.18. The Hall–Kier alpha value is -0.880. The van der Waals surface area contributed by atoms with Gasteiger partial charge in [-0.25, -0.2) is 0 Å². The van der Waals surface area contributed by atoms with Crippen molar-refractivity contribution in [3.63, 3.8) is 0 Å². The average Bonchev–Trinajstić information content (AvgIpc) is 2.68. The summed E-state index contributed by atoms with van der Waals surface area (Å²) in [6.07, 6.45) is 1.47. The summed E-state index contributed by atoms with van der Waals surface area (Å²) in [5.41, 5.74) is 0.457. The van der Waals surface area contributed by atoms with E-state index in [0.717, 1.165) is 0 Å². The molecule has 90 valence electrons. The van der Waals surface area contributed by atoms with Crippen LogP contribution in [-0.4, -0.2) is 6.61 Å². The Morgan fingerprint density at radius 1 is 1.24 bits per heavy atom. The molecule has 0 bridgehead atoms. The smallest absolute Gasteiger partial charge is 0.387 e.